The fourth-order valence-electron chi connectivity index (χ4n) is 1.65. The Labute approximate surface area is 109 Å². The summed E-state index contributed by atoms with van der Waals surface area (Å²) in [7, 11) is -1.61. The van der Waals surface area contributed by atoms with E-state index in [4.69, 9.17) is 4.43 Å². The van der Waals surface area contributed by atoms with Crippen LogP contribution in [0.1, 0.15) is 0 Å². The van der Waals surface area contributed by atoms with Gasteiger partial charge in [-0.2, -0.15) is 0 Å². The molecule has 0 aliphatic carbocycles. The number of hydrogen-bond donors (Lipinski definition) is 0. The van der Waals surface area contributed by atoms with Gasteiger partial charge in [-0.15, -0.1) is 0 Å². The molecule has 1 aromatic rings. The molecular weight excluding hydrogens is 252 g/mol. The molecule has 0 bridgehead atoms. The third kappa shape index (κ3) is 5.04. The standard InChI is InChI=1S/C13H21F2NOSi/c1-18(2,3)17-13-6-4-12(5-7-13)16(10-8-14)11-9-15/h4-7H,8-11H2,1-3H3. The van der Waals surface area contributed by atoms with Crippen LogP contribution in [0.15, 0.2) is 24.3 Å². The van der Waals surface area contributed by atoms with Gasteiger partial charge >= 0.3 is 0 Å². The van der Waals surface area contributed by atoms with Crippen molar-refractivity contribution in [1.82, 2.24) is 0 Å². The zero-order chi connectivity index (χ0) is 13.6. The number of anilines is 1. The molecule has 0 saturated heterocycles. The van der Waals surface area contributed by atoms with Crippen molar-refractivity contribution in [2.24, 2.45) is 0 Å². The molecule has 0 heterocycles. The highest BCUT2D eigenvalue weighted by atomic mass is 28.4. The first-order chi connectivity index (χ1) is 8.46. The molecule has 0 unspecified atom stereocenters. The molecule has 0 aromatic heterocycles. The van der Waals surface area contributed by atoms with Gasteiger partial charge in [0.2, 0.25) is 8.32 Å². The molecule has 0 atom stereocenters. The largest absolute Gasteiger partial charge is 0.544 e. The SMILES string of the molecule is C[Si](C)(C)Oc1ccc(N(CCF)CCF)cc1. The van der Waals surface area contributed by atoms with Gasteiger partial charge in [0.25, 0.3) is 0 Å². The fraction of sp³-hybridized carbons (Fsp3) is 0.538. The Kier molecular flexibility index (Phi) is 5.59. The van der Waals surface area contributed by atoms with Gasteiger partial charge in [-0.1, -0.05) is 0 Å². The van der Waals surface area contributed by atoms with Gasteiger partial charge in [0, 0.05) is 18.8 Å². The Hall–Kier alpha value is -1.10. The second kappa shape index (κ2) is 6.73. The van der Waals surface area contributed by atoms with E-state index in [1.165, 1.54) is 0 Å². The molecule has 1 rings (SSSR count). The number of halogens is 2. The smallest absolute Gasteiger partial charge is 0.242 e. The van der Waals surface area contributed by atoms with Crippen LogP contribution in [0.5, 0.6) is 5.75 Å². The van der Waals surface area contributed by atoms with E-state index in [0.29, 0.717) is 0 Å². The van der Waals surface area contributed by atoms with Crippen molar-refractivity contribution in [1.29, 1.82) is 0 Å². The molecule has 0 fully saturated rings. The molecule has 18 heavy (non-hydrogen) atoms. The molecule has 0 radical (unpaired) electrons. The van der Waals surface area contributed by atoms with Crippen molar-refractivity contribution in [2.45, 2.75) is 19.6 Å². The Bertz CT molecular complexity index is 345. The number of hydrogen-bond acceptors (Lipinski definition) is 2. The van der Waals surface area contributed by atoms with Crippen LogP contribution in [0.3, 0.4) is 0 Å². The van der Waals surface area contributed by atoms with Crippen molar-refractivity contribution in [3.8, 4) is 5.75 Å². The highest BCUT2D eigenvalue weighted by Gasteiger charge is 2.16. The second-order valence-corrected chi connectivity index (χ2v) is 9.50. The van der Waals surface area contributed by atoms with E-state index in [1.807, 2.05) is 24.3 Å². The molecule has 0 N–H and O–H groups in total. The lowest BCUT2D eigenvalue weighted by Gasteiger charge is -2.23. The molecule has 0 aliphatic rings. The highest BCUT2D eigenvalue weighted by molar-refractivity contribution is 6.70. The predicted molar refractivity (Wildman–Crippen MR) is 74.6 cm³/mol. The van der Waals surface area contributed by atoms with Crippen molar-refractivity contribution in [2.75, 3.05) is 31.3 Å². The van der Waals surface area contributed by atoms with Gasteiger partial charge in [0.1, 0.15) is 19.1 Å². The van der Waals surface area contributed by atoms with E-state index >= 15 is 0 Å². The zero-order valence-corrected chi connectivity index (χ0v) is 12.2. The molecule has 0 amide bonds. The maximum absolute atomic E-state index is 12.4. The van der Waals surface area contributed by atoms with Crippen LogP contribution in [-0.4, -0.2) is 34.8 Å². The minimum Gasteiger partial charge on any atom is -0.544 e. The lowest BCUT2D eigenvalue weighted by molar-refractivity contribution is 0.458. The van der Waals surface area contributed by atoms with Gasteiger partial charge in [-0.05, 0) is 43.9 Å². The van der Waals surface area contributed by atoms with Crippen LogP contribution in [0.25, 0.3) is 0 Å². The average Bonchev–Trinajstić information content (AvgIpc) is 2.28. The minimum absolute atomic E-state index is 0.220. The van der Waals surface area contributed by atoms with Crippen LogP contribution in [0.4, 0.5) is 14.5 Å². The molecule has 0 spiro atoms. The topological polar surface area (TPSA) is 12.5 Å². The van der Waals surface area contributed by atoms with E-state index in [0.717, 1.165) is 11.4 Å². The summed E-state index contributed by atoms with van der Waals surface area (Å²) >= 11 is 0. The summed E-state index contributed by atoms with van der Waals surface area (Å²) in [4.78, 5) is 1.69. The molecule has 0 aliphatic heterocycles. The van der Waals surface area contributed by atoms with Crippen LogP contribution < -0.4 is 9.33 Å². The quantitative estimate of drug-likeness (QED) is 0.703. The average molecular weight is 273 g/mol. The van der Waals surface area contributed by atoms with Crippen molar-refractivity contribution in [3.05, 3.63) is 24.3 Å². The van der Waals surface area contributed by atoms with Crippen LogP contribution in [0, 0.1) is 0 Å². The Balaban J connectivity index is 2.73. The first kappa shape index (κ1) is 15.0. The van der Waals surface area contributed by atoms with E-state index in [9.17, 15) is 8.78 Å². The van der Waals surface area contributed by atoms with Crippen LogP contribution in [-0.2, 0) is 0 Å². The molecule has 2 nitrogen and oxygen atoms in total. The number of rotatable bonds is 7. The summed E-state index contributed by atoms with van der Waals surface area (Å²) in [5, 5.41) is 0. The first-order valence-electron chi connectivity index (χ1n) is 6.12. The predicted octanol–water partition coefficient (Wildman–Crippen LogP) is 3.65. The maximum Gasteiger partial charge on any atom is 0.242 e. The molecule has 0 saturated carbocycles. The van der Waals surface area contributed by atoms with Crippen molar-refractivity contribution >= 4 is 14.0 Å². The van der Waals surface area contributed by atoms with Gasteiger partial charge in [0.05, 0.1) is 0 Å². The summed E-state index contributed by atoms with van der Waals surface area (Å²) in [6.07, 6.45) is 0. The Morgan fingerprint density at radius 2 is 1.50 bits per heavy atom. The summed E-state index contributed by atoms with van der Waals surface area (Å²) in [6.45, 7) is 5.81. The van der Waals surface area contributed by atoms with Crippen LogP contribution >= 0.6 is 0 Å². The van der Waals surface area contributed by atoms with Gasteiger partial charge in [0.15, 0.2) is 0 Å². The van der Waals surface area contributed by atoms with E-state index in [-0.39, 0.29) is 13.1 Å². The third-order valence-electron chi connectivity index (χ3n) is 2.33. The molecule has 5 heteroatoms. The minimum atomic E-state index is -1.61. The van der Waals surface area contributed by atoms with E-state index in [1.54, 1.807) is 4.90 Å². The van der Waals surface area contributed by atoms with Gasteiger partial charge < -0.3 is 9.33 Å². The third-order valence-corrected chi connectivity index (χ3v) is 3.18. The van der Waals surface area contributed by atoms with E-state index in [2.05, 4.69) is 19.6 Å². The van der Waals surface area contributed by atoms with Crippen LogP contribution in [0.2, 0.25) is 19.6 Å². The summed E-state index contributed by atoms with van der Waals surface area (Å²) in [5.41, 5.74) is 0.827. The number of nitrogens with zero attached hydrogens (tertiary/aromatic N) is 1. The number of alkyl halides is 2. The lowest BCUT2D eigenvalue weighted by Crippen LogP contribution is -2.29. The highest BCUT2D eigenvalue weighted by Crippen LogP contribution is 2.21. The Morgan fingerprint density at radius 3 is 1.89 bits per heavy atom. The maximum atomic E-state index is 12.4. The van der Waals surface area contributed by atoms with Gasteiger partial charge in [-0.25, -0.2) is 8.78 Å². The molecule has 102 valence electrons. The first-order valence-corrected chi connectivity index (χ1v) is 9.53. The summed E-state index contributed by atoms with van der Waals surface area (Å²) in [6, 6.07) is 7.41. The summed E-state index contributed by atoms with van der Waals surface area (Å²) < 4.78 is 30.6. The van der Waals surface area contributed by atoms with Crippen molar-refractivity contribution in [3.63, 3.8) is 0 Å². The fourth-order valence-corrected chi connectivity index (χ4v) is 2.50. The molecule has 1 aromatic carbocycles. The normalized spacial score (nSPS) is 11.4. The summed E-state index contributed by atoms with van der Waals surface area (Å²) in [5.74, 6) is 0.818. The van der Waals surface area contributed by atoms with E-state index < -0.39 is 21.7 Å². The lowest BCUT2D eigenvalue weighted by atomic mass is 10.2. The monoisotopic (exact) mass is 273 g/mol. The number of benzene rings is 1. The Morgan fingerprint density at radius 1 is 1.00 bits per heavy atom. The molecular formula is C13H21F2NOSi. The zero-order valence-electron chi connectivity index (χ0n) is 11.2. The van der Waals surface area contributed by atoms with Gasteiger partial charge in [-0.3, -0.25) is 0 Å². The second-order valence-electron chi connectivity index (χ2n) is 5.07. The van der Waals surface area contributed by atoms with Crippen molar-refractivity contribution < 1.29 is 13.2 Å².